The van der Waals surface area contributed by atoms with Crippen LogP contribution >= 0.6 is 0 Å². The number of alkyl halides is 3. The van der Waals surface area contributed by atoms with Crippen molar-refractivity contribution >= 4 is 17.9 Å². The first kappa shape index (κ1) is 16.3. The fourth-order valence-electron chi connectivity index (χ4n) is 1.62. The van der Waals surface area contributed by atoms with Crippen molar-refractivity contribution < 1.29 is 27.8 Å². The molecule has 0 saturated heterocycles. The third-order valence-corrected chi connectivity index (χ3v) is 2.65. The Bertz CT molecular complexity index is 695. The number of carboxylic acids is 1. The van der Waals surface area contributed by atoms with Crippen molar-refractivity contribution in [3.63, 3.8) is 0 Å². The van der Waals surface area contributed by atoms with Crippen molar-refractivity contribution in [2.24, 2.45) is 5.10 Å². The molecule has 0 fully saturated rings. The monoisotopic (exact) mass is 324 g/mol. The van der Waals surface area contributed by atoms with Gasteiger partial charge < -0.3 is 9.84 Å². The van der Waals surface area contributed by atoms with Crippen LogP contribution in [0.5, 0.6) is 5.75 Å². The normalized spacial score (nSPS) is 11.4. The maximum atomic E-state index is 12.0. The second kappa shape index (κ2) is 6.82. The lowest BCUT2D eigenvalue weighted by atomic mass is 10.1. The Morgan fingerprint density at radius 1 is 1.09 bits per heavy atom. The summed E-state index contributed by atoms with van der Waals surface area (Å²) in [4.78, 5) is 10.7. The van der Waals surface area contributed by atoms with Gasteiger partial charge in [0.25, 0.3) is 0 Å². The zero-order valence-electron chi connectivity index (χ0n) is 11.5. The zero-order valence-corrected chi connectivity index (χ0v) is 11.5. The molecule has 0 spiro atoms. The summed E-state index contributed by atoms with van der Waals surface area (Å²) in [5.74, 6) is -1.34. The number of rotatable bonds is 5. The number of aromatic carboxylic acids is 1. The van der Waals surface area contributed by atoms with Gasteiger partial charge in [-0.3, -0.25) is 5.43 Å². The molecule has 0 heterocycles. The average Bonchev–Trinajstić information content (AvgIpc) is 2.48. The molecule has 2 rings (SSSR count). The number of nitrogens with one attached hydrogen (secondary N) is 1. The molecular formula is C15H11F3N2O3. The van der Waals surface area contributed by atoms with Crippen LogP contribution in [-0.2, 0) is 0 Å². The second-order valence-electron chi connectivity index (χ2n) is 4.37. The van der Waals surface area contributed by atoms with Crippen molar-refractivity contribution in [1.82, 2.24) is 0 Å². The fraction of sp³-hybridized carbons (Fsp3) is 0.0667. The van der Waals surface area contributed by atoms with Crippen LogP contribution in [0.3, 0.4) is 0 Å². The van der Waals surface area contributed by atoms with Gasteiger partial charge in [-0.05, 0) is 42.0 Å². The summed E-state index contributed by atoms with van der Waals surface area (Å²) in [5.41, 5.74) is 3.94. The molecule has 0 aliphatic carbocycles. The molecule has 0 amide bonds. The first-order valence-corrected chi connectivity index (χ1v) is 6.32. The largest absolute Gasteiger partial charge is 0.573 e. The lowest BCUT2D eigenvalue weighted by Crippen LogP contribution is -2.16. The minimum atomic E-state index is -4.73. The van der Waals surface area contributed by atoms with Gasteiger partial charge in [-0.15, -0.1) is 13.2 Å². The number of ether oxygens (including phenoxy) is 1. The van der Waals surface area contributed by atoms with Crippen LogP contribution in [0, 0.1) is 0 Å². The van der Waals surface area contributed by atoms with E-state index in [4.69, 9.17) is 5.11 Å². The highest BCUT2D eigenvalue weighted by molar-refractivity contribution is 5.89. The predicted molar refractivity (Wildman–Crippen MR) is 77.7 cm³/mol. The average molecular weight is 324 g/mol. The number of carbonyl (C=O) groups is 1. The molecule has 2 aromatic rings. The molecule has 0 aliphatic heterocycles. The number of carboxylic acid groups (broad SMARTS) is 1. The maximum Gasteiger partial charge on any atom is 0.573 e. The van der Waals surface area contributed by atoms with E-state index in [9.17, 15) is 18.0 Å². The van der Waals surface area contributed by atoms with Gasteiger partial charge in [-0.25, -0.2) is 4.79 Å². The van der Waals surface area contributed by atoms with Crippen LogP contribution in [0.4, 0.5) is 18.9 Å². The number of hydrogen-bond acceptors (Lipinski definition) is 4. The summed E-state index contributed by atoms with van der Waals surface area (Å²) in [6.07, 6.45) is -3.28. The Morgan fingerprint density at radius 3 is 2.22 bits per heavy atom. The van der Waals surface area contributed by atoms with Crippen LogP contribution in [0.2, 0.25) is 0 Å². The van der Waals surface area contributed by atoms with Crippen molar-refractivity contribution in [2.45, 2.75) is 6.36 Å². The molecular weight excluding hydrogens is 313 g/mol. The predicted octanol–water partition coefficient (Wildman–Crippen LogP) is 3.73. The van der Waals surface area contributed by atoms with Crippen LogP contribution in [0.1, 0.15) is 15.9 Å². The van der Waals surface area contributed by atoms with E-state index in [1.54, 1.807) is 12.1 Å². The molecule has 2 N–H and O–H groups in total. The third-order valence-electron chi connectivity index (χ3n) is 2.65. The standard InChI is InChI=1S/C15H11F3N2O3/c16-15(17,18)23-13-7-5-12(6-8-13)20-19-9-10-1-3-11(4-2-10)14(21)22/h1-9,20H,(H,21,22). The van der Waals surface area contributed by atoms with E-state index >= 15 is 0 Å². The first-order valence-electron chi connectivity index (χ1n) is 6.32. The molecule has 2 aromatic carbocycles. The summed E-state index contributed by atoms with van der Waals surface area (Å²) in [6.45, 7) is 0. The summed E-state index contributed by atoms with van der Waals surface area (Å²) in [6, 6.07) is 11.1. The molecule has 0 aliphatic rings. The van der Waals surface area contributed by atoms with E-state index in [0.29, 0.717) is 11.3 Å². The van der Waals surface area contributed by atoms with Gasteiger partial charge in [0.05, 0.1) is 17.5 Å². The minimum absolute atomic E-state index is 0.162. The second-order valence-corrected chi connectivity index (χ2v) is 4.37. The van der Waals surface area contributed by atoms with Gasteiger partial charge in [-0.1, -0.05) is 12.1 Å². The van der Waals surface area contributed by atoms with Crippen LogP contribution < -0.4 is 10.2 Å². The summed E-state index contributed by atoms with van der Waals surface area (Å²) in [7, 11) is 0. The zero-order chi connectivity index (χ0) is 16.9. The molecule has 0 saturated carbocycles. The highest BCUT2D eigenvalue weighted by Gasteiger charge is 2.30. The number of anilines is 1. The van der Waals surface area contributed by atoms with Gasteiger partial charge in [-0.2, -0.15) is 5.10 Å². The van der Waals surface area contributed by atoms with E-state index in [2.05, 4.69) is 15.3 Å². The minimum Gasteiger partial charge on any atom is -0.478 e. The molecule has 8 heteroatoms. The van der Waals surface area contributed by atoms with Crippen molar-refractivity contribution in [2.75, 3.05) is 5.43 Å². The number of hydrazone groups is 1. The number of halogens is 3. The van der Waals surface area contributed by atoms with Gasteiger partial charge >= 0.3 is 12.3 Å². The Balaban J connectivity index is 1.93. The summed E-state index contributed by atoms with van der Waals surface area (Å²) >= 11 is 0. The fourth-order valence-corrected chi connectivity index (χ4v) is 1.62. The van der Waals surface area contributed by atoms with E-state index in [0.717, 1.165) is 12.1 Å². The van der Waals surface area contributed by atoms with Crippen LogP contribution in [0.15, 0.2) is 53.6 Å². The number of nitrogens with zero attached hydrogens (tertiary/aromatic N) is 1. The lowest BCUT2D eigenvalue weighted by Gasteiger charge is -2.08. The Morgan fingerprint density at radius 2 is 1.70 bits per heavy atom. The molecule has 0 bridgehead atoms. The topological polar surface area (TPSA) is 70.9 Å². The van der Waals surface area contributed by atoms with Crippen molar-refractivity contribution in [3.05, 3.63) is 59.7 Å². The first-order chi connectivity index (χ1) is 10.8. The van der Waals surface area contributed by atoms with Gasteiger partial charge in [0, 0.05) is 0 Å². The highest BCUT2D eigenvalue weighted by Crippen LogP contribution is 2.23. The smallest absolute Gasteiger partial charge is 0.478 e. The van der Waals surface area contributed by atoms with E-state index in [-0.39, 0.29) is 11.3 Å². The lowest BCUT2D eigenvalue weighted by molar-refractivity contribution is -0.274. The van der Waals surface area contributed by atoms with Gasteiger partial charge in [0.2, 0.25) is 0 Å². The van der Waals surface area contributed by atoms with Crippen LogP contribution in [0.25, 0.3) is 0 Å². The molecule has 5 nitrogen and oxygen atoms in total. The SMILES string of the molecule is O=C(O)c1ccc(C=NNc2ccc(OC(F)(F)F)cc2)cc1. The highest BCUT2D eigenvalue weighted by atomic mass is 19.4. The molecule has 0 radical (unpaired) electrons. The quantitative estimate of drug-likeness (QED) is 0.649. The van der Waals surface area contributed by atoms with E-state index < -0.39 is 12.3 Å². The maximum absolute atomic E-state index is 12.0. The number of benzene rings is 2. The molecule has 0 unspecified atom stereocenters. The van der Waals surface area contributed by atoms with Crippen molar-refractivity contribution in [1.29, 1.82) is 0 Å². The molecule has 120 valence electrons. The molecule has 0 aromatic heterocycles. The summed E-state index contributed by atoms with van der Waals surface area (Å²) in [5, 5.41) is 12.7. The Kier molecular flexibility index (Phi) is 4.85. The molecule has 0 atom stereocenters. The molecule has 23 heavy (non-hydrogen) atoms. The summed E-state index contributed by atoms with van der Waals surface area (Å²) < 4.78 is 39.8. The van der Waals surface area contributed by atoms with Gasteiger partial charge in [0.15, 0.2) is 0 Å². The van der Waals surface area contributed by atoms with Gasteiger partial charge in [0.1, 0.15) is 5.75 Å². The Labute approximate surface area is 129 Å². The van der Waals surface area contributed by atoms with E-state index in [1.165, 1.54) is 30.5 Å². The number of hydrogen-bond donors (Lipinski definition) is 2. The third kappa shape index (κ3) is 5.34. The van der Waals surface area contributed by atoms with Crippen molar-refractivity contribution in [3.8, 4) is 5.75 Å². The Hall–Kier alpha value is -3.03. The van der Waals surface area contributed by atoms with E-state index in [1.807, 2.05) is 0 Å². The van der Waals surface area contributed by atoms with Crippen LogP contribution in [-0.4, -0.2) is 23.7 Å².